The number of ketones is 1. The van der Waals surface area contributed by atoms with Gasteiger partial charge >= 0.3 is 21.6 Å². The molecule has 12 heteroatoms. The molecule has 0 saturated heterocycles. The summed E-state index contributed by atoms with van der Waals surface area (Å²) in [6.45, 7) is 0.503. The fourth-order valence-corrected chi connectivity index (χ4v) is 4.67. The average Bonchev–Trinajstić information content (AvgIpc) is 2.92. The zero-order valence-electron chi connectivity index (χ0n) is 20.5. The van der Waals surface area contributed by atoms with Crippen molar-refractivity contribution in [2.24, 2.45) is 11.1 Å². The van der Waals surface area contributed by atoms with Crippen molar-refractivity contribution in [1.82, 2.24) is 0 Å². The first-order valence-corrected chi connectivity index (χ1v) is 13.5. The molecule has 0 atom stereocenters. The molecule has 1 N–H and O–H groups in total. The van der Waals surface area contributed by atoms with Crippen LogP contribution in [0.3, 0.4) is 0 Å². The van der Waals surface area contributed by atoms with E-state index < -0.39 is 33.1 Å². The summed E-state index contributed by atoms with van der Waals surface area (Å²) in [4.78, 5) is 24.8. The summed E-state index contributed by atoms with van der Waals surface area (Å²) in [6, 6.07) is 14.2. The Hall–Kier alpha value is -3.93. The van der Waals surface area contributed by atoms with Gasteiger partial charge in [-0.2, -0.15) is 21.6 Å². The van der Waals surface area contributed by atoms with Gasteiger partial charge in [0.1, 0.15) is 5.75 Å². The first-order valence-electron chi connectivity index (χ1n) is 12.1. The molecule has 1 saturated carbocycles. The van der Waals surface area contributed by atoms with E-state index in [1.54, 1.807) is 30.3 Å². The van der Waals surface area contributed by atoms with Crippen molar-refractivity contribution in [3.8, 4) is 5.75 Å². The maximum Gasteiger partial charge on any atom is 0.536 e. The van der Waals surface area contributed by atoms with Gasteiger partial charge < -0.3 is 9.84 Å². The number of carboxylic acid groups (broad SMARTS) is 1. The normalized spacial score (nSPS) is 15.2. The highest BCUT2D eigenvalue weighted by atomic mass is 32.2. The molecule has 1 aliphatic carbocycles. The largest absolute Gasteiger partial charge is 0.536 e. The van der Waals surface area contributed by atoms with Crippen LogP contribution in [0.5, 0.6) is 5.75 Å². The molecule has 1 aliphatic rings. The van der Waals surface area contributed by atoms with Crippen molar-refractivity contribution < 1.29 is 45.3 Å². The summed E-state index contributed by atoms with van der Waals surface area (Å²) in [7, 11) is -6.16. The molecule has 0 bridgehead atoms. The fourth-order valence-electron chi connectivity index (χ4n) is 4.41. The summed E-state index contributed by atoms with van der Waals surface area (Å²) < 4.78 is 71.5. The van der Waals surface area contributed by atoms with Crippen LogP contribution in [0.15, 0.2) is 65.8 Å². The van der Waals surface area contributed by atoms with Gasteiger partial charge in [0, 0.05) is 16.5 Å². The summed E-state index contributed by atoms with van der Waals surface area (Å²) in [5.74, 6) is -1.28. The SMILES string of the molecule is O=C(O)c1ccc(/C(=N\OS(=O)(=O)C(F)(F)F)C(=O)c2ccc(OCC3CCCCC3)c3ccccc23)cc1. The number of nitrogens with zero attached hydrogens (tertiary/aromatic N) is 1. The molecule has 3 aromatic carbocycles. The van der Waals surface area contributed by atoms with Gasteiger partial charge in [-0.3, -0.25) is 9.08 Å². The van der Waals surface area contributed by atoms with Crippen LogP contribution in [-0.4, -0.2) is 43.1 Å². The molecule has 1 fully saturated rings. The molecular weight excluding hydrogens is 539 g/mol. The minimum absolute atomic E-state index is 0.00434. The Bertz CT molecular complexity index is 1510. The van der Waals surface area contributed by atoms with Gasteiger partial charge in [0.05, 0.1) is 12.2 Å². The number of rotatable bonds is 9. The number of halogens is 3. The lowest BCUT2D eigenvalue weighted by atomic mass is 9.90. The van der Waals surface area contributed by atoms with E-state index in [0.29, 0.717) is 29.0 Å². The second-order valence-corrected chi connectivity index (χ2v) is 10.6. The number of fused-ring (bicyclic) bond motifs is 1. The van der Waals surface area contributed by atoms with Crippen LogP contribution in [-0.2, 0) is 14.4 Å². The Balaban J connectivity index is 1.73. The van der Waals surface area contributed by atoms with Gasteiger partial charge in [0.15, 0.2) is 5.71 Å². The van der Waals surface area contributed by atoms with Gasteiger partial charge in [-0.1, -0.05) is 60.8 Å². The monoisotopic (exact) mass is 563 g/mol. The Labute approximate surface area is 222 Å². The average molecular weight is 564 g/mol. The summed E-state index contributed by atoms with van der Waals surface area (Å²) in [5.41, 5.74) is -6.85. The lowest BCUT2D eigenvalue weighted by Gasteiger charge is -2.22. The van der Waals surface area contributed by atoms with E-state index in [-0.39, 0.29) is 16.7 Å². The highest BCUT2D eigenvalue weighted by Crippen LogP contribution is 2.32. The number of alkyl halides is 3. The van der Waals surface area contributed by atoms with Crippen molar-refractivity contribution in [1.29, 1.82) is 0 Å². The summed E-state index contributed by atoms with van der Waals surface area (Å²) >= 11 is 0. The molecule has 0 aromatic heterocycles. The Kier molecular flexibility index (Phi) is 8.24. The predicted octanol–water partition coefficient (Wildman–Crippen LogP) is 5.95. The molecule has 4 rings (SSSR count). The maximum atomic E-state index is 13.6. The van der Waals surface area contributed by atoms with Crippen LogP contribution in [0.1, 0.15) is 58.4 Å². The van der Waals surface area contributed by atoms with E-state index in [4.69, 9.17) is 9.84 Å². The molecular formula is C27H24F3NO7S. The molecule has 0 spiro atoms. The molecule has 0 amide bonds. The molecule has 0 radical (unpaired) electrons. The number of carboxylic acids is 1. The van der Waals surface area contributed by atoms with Crippen LogP contribution < -0.4 is 4.74 Å². The first kappa shape index (κ1) is 28.1. The highest BCUT2D eigenvalue weighted by molar-refractivity contribution is 7.87. The maximum absolute atomic E-state index is 13.6. The Morgan fingerprint density at radius 2 is 1.51 bits per heavy atom. The number of oxime groups is 1. The number of Topliss-reactive ketones (excluding diaryl/α,β-unsaturated/α-hetero) is 1. The van der Waals surface area contributed by atoms with Gasteiger partial charge in [0.2, 0.25) is 5.78 Å². The standard InChI is InChI=1S/C27H24F3NO7S/c28-27(29,30)39(35,36)38-31-24(18-10-12-19(13-11-18)26(33)34)25(32)22-14-15-23(21-9-5-4-8-20(21)22)37-16-17-6-2-1-3-7-17/h4-5,8-15,17H,1-3,6-7,16H2,(H,33,34)/b31-24+. The molecule has 206 valence electrons. The van der Waals surface area contributed by atoms with Crippen molar-refractivity contribution in [3.63, 3.8) is 0 Å². The second kappa shape index (κ2) is 11.4. The third-order valence-electron chi connectivity index (χ3n) is 6.46. The lowest BCUT2D eigenvalue weighted by molar-refractivity contribution is -0.0541. The molecule has 0 unspecified atom stereocenters. The van der Waals surface area contributed by atoms with E-state index in [2.05, 4.69) is 9.44 Å². The molecule has 0 aliphatic heterocycles. The number of carbonyl (C=O) groups excluding carboxylic acids is 1. The topological polar surface area (TPSA) is 119 Å². The van der Waals surface area contributed by atoms with Crippen LogP contribution in [0.2, 0.25) is 0 Å². The lowest BCUT2D eigenvalue weighted by Crippen LogP contribution is -2.25. The van der Waals surface area contributed by atoms with Crippen molar-refractivity contribution in [2.45, 2.75) is 37.6 Å². The van der Waals surface area contributed by atoms with E-state index >= 15 is 0 Å². The molecule has 8 nitrogen and oxygen atoms in total. The third kappa shape index (κ3) is 6.39. The van der Waals surface area contributed by atoms with E-state index in [1.807, 2.05) is 0 Å². The van der Waals surface area contributed by atoms with Gasteiger partial charge in [-0.25, -0.2) is 4.79 Å². The Morgan fingerprint density at radius 1 is 0.897 bits per heavy atom. The molecule has 0 heterocycles. The smallest absolute Gasteiger partial charge is 0.493 e. The number of carbonyl (C=O) groups is 2. The summed E-state index contributed by atoms with van der Waals surface area (Å²) in [6.07, 6.45) is 5.62. The number of ether oxygens (including phenoxy) is 1. The minimum atomic E-state index is -6.16. The van der Waals surface area contributed by atoms with Crippen LogP contribution in [0, 0.1) is 5.92 Å². The number of hydrogen-bond acceptors (Lipinski definition) is 7. The van der Waals surface area contributed by atoms with Gasteiger partial charge in [-0.05, 0) is 48.4 Å². The number of benzene rings is 3. The zero-order chi connectivity index (χ0) is 28.2. The zero-order valence-corrected chi connectivity index (χ0v) is 21.3. The van der Waals surface area contributed by atoms with Gasteiger partial charge in [-0.15, -0.1) is 0 Å². The predicted molar refractivity (Wildman–Crippen MR) is 136 cm³/mol. The third-order valence-corrected chi connectivity index (χ3v) is 7.30. The van der Waals surface area contributed by atoms with Crippen molar-refractivity contribution in [3.05, 3.63) is 77.4 Å². The molecule has 39 heavy (non-hydrogen) atoms. The number of hydrogen-bond donors (Lipinski definition) is 1. The highest BCUT2D eigenvalue weighted by Gasteiger charge is 2.49. The second-order valence-electron chi connectivity index (χ2n) is 9.10. The van der Waals surface area contributed by atoms with E-state index in [0.717, 1.165) is 49.9 Å². The summed E-state index contributed by atoms with van der Waals surface area (Å²) in [5, 5.41) is 13.2. The van der Waals surface area contributed by atoms with E-state index in [1.165, 1.54) is 12.5 Å². The quantitative estimate of drug-likeness (QED) is 0.148. The van der Waals surface area contributed by atoms with Crippen molar-refractivity contribution >= 4 is 38.4 Å². The van der Waals surface area contributed by atoms with Crippen molar-refractivity contribution in [2.75, 3.05) is 6.61 Å². The molecule has 3 aromatic rings. The van der Waals surface area contributed by atoms with Crippen LogP contribution in [0.4, 0.5) is 13.2 Å². The van der Waals surface area contributed by atoms with Crippen LogP contribution >= 0.6 is 0 Å². The first-order chi connectivity index (χ1) is 18.5. The van der Waals surface area contributed by atoms with Crippen LogP contribution in [0.25, 0.3) is 10.8 Å². The number of aromatic carboxylic acids is 1. The Morgan fingerprint density at radius 3 is 2.13 bits per heavy atom. The fraction of sp³-hybridized carbons (Fsp3) is 0.296. The van der Waals surface area contributed by atoms with E-state index in [9.17, 15) is 31.2 Å². The van der Waals surface area contributed by atoms with Gasteiger partial charge in [0.25, 0.3) is 0 Å². The minimum Gasteiger partial charge on any atom is -0.493 e.